The van der Waals surface area contributed by atoms with Crippen molar-refractivity contribution in [1.29, 1.82) is 0 Å². The number of nitrogens with two attached hydrogens (primary N) is 1. The quantitative estimate of drug-likeness (QED) is 0.819. The van der Waals surface area contributed by atoms with Gasteiger partial charge in [0, 0.05) is 12.7 Å². The number of hydrogen-bond donors (Lipinski definition) is 2. The van der Waals surface area contributed by atoms with E-state index in [0.29, 0.717) is 12.4 Å². The van der Waals surface area contributed by atoms with Crippen molar-refractivity contribution in [1.82, 2.24) is 9.78 Å². The predicted octanol–water partition coefficient (Wildman–Crippen LogP) is 2.14. The zero-order valence-electron chi connectivity index (χ0n) is 10.7. The number of nitrogens with one attached hydrogen (secondary N) is 1. The van der Waals surface area contributed by atoms with Crippen LogP contribution in [0, 0.1) is 0 Å². The van der Waals surface area contributed by atoms with E-state index in [1.807, 2.05) is 41.9 Å². The number of aromatic nitrogens is 2. The van der Waals surface area contributed by atoms with Crippen LogP contribution in [-0.2, 0) is 13.2 Å². The van der Waals surface area contributed by atoms with E-state index < -0.39 is 0 Å². The molecule has 0 saturated heterocycles. The number of para-hydroxylation sites is 2. The van der Waals surface area contributed by atoms with Crippen LogP contribution in [0.1, 0.15) is 12.6 Å². The second-order valence-corrected chi connectivity index (χ2v) is 4.35. The van der Waals surface area contributed by atoms with Crippen molar-refractivity contribution in [2.24, 2.45) is 5.73 Å². The van der Waals surface area contributed by atoms with Gasteiger partial charge in [0.1, 0.15) is 12.4 Å². The monoisotopic (exact) mass is 276 g/mol. The minimum absolute atomic E-state index is 0.217. The molecule has 0 aliphatic heterocycles. The van der Waals surface area contributed by atoms with E-state index in [-0.39, 0.29) is 5.11 Å². The number of aryl methyl sites for hydroxylation is 1. The first-order chi connectivity index (χ1) is 9.20. The molecule has 2 rings (SSSR count). The summed E-state index contributed by atoms with van der Waals surface area (Å²) in [6, 6.07) is 9.47. The molecular weight excluding hydrogens is 260 g/mol. The number of hydrogen-bond acceptors (Lipinski definition) is 3. The average molecular weight is 276 g/mol. The number of benzene rings is 1. The van der Waals surface area contributed by atoms with Crippen LogP contribution >= 0.6 is 12.2 Å². The fraction of sp³-hybridized carbons (Fsp3) is 0.231. The van der Waals surface area contributed by atoms with E-state index in [2.05, 4.69) is 10.4 Å². The molecular formula is C13H16N4OS. The van der Waals surface area contributed by atoms with Crippen LogP contribution in [0.4, 0.5) is 5.69 Å². The number of ether oxygens (including phenoxy) is 1. The highest BCUT2D eigenvalue weighted by atomic mass is 32.1. The van der Waals surface area contributed by atoms with Gasteiger partial charge in [0.15, 0.2) is 5.11 Å². The maximum atomic E-state index is 5.79. The Morgan fingerprint density at radius 1 is 1.42 bits per heavy atom. The van der Waals surface area contributed by atoms with Gasteiger partial charge in [-0.05, 0) is 37.3 Å². The molecule has 0 aliphatic rings. The summed E-state index contributed by atoms with van der Waals surface area (Å²) in [7, 11) is 0. The number of anilines is 1. The third-order valence-corrected chi connectivity index (χ3v) is 2.73. The Kier molecular flexibility index (Phi) is 4.35. The molecule has 0 atom stereocenters. The van der Waals surface area contributed by atoms with E-state index in [0.717, 1.165) is 17.9 Å². The minimum Gasteiger partial charge on any atom is -0.485 e. The predicted molar refractivity (Wildman–Crippen MR) is 79.1 cm³/mol. The number of rotatable bonds is 5. The van der Waals surface area contributed by atoms with Gasteiger partial charge in [-0.2, -0.15) is 5.10 Å². The highest BCUT2D eigenvalue weighted by Gasteiger charge is 2.06. The zero-order chi connectivity index (χ0) is 13.7. The van der Waals surface area contributed by atoms with E-state index in [9.17, 15) is 0 Å². The third kappa shape index (κ3) is 3.45. The molecule has 1 heterocycles. The smallest absolute Gasteiger partial charge is 0.168 e. The standard InChI is InChI=1S/C13H16N4OS/c1-2-17-10(7-8-15-17)9-18-12-6-4-3-5-11(12)16-13(14)19/h3-8H,2,9H2,1H3,(H3,14,16,19). The van der Waals surface area contributed by atoms with E-state index in [1.165, 1.54) is 0 Å². The minimum atomic E-state index is 0.217. The first-order valence-corrected chi connectivity index (χ1v) is 6.40. The molecule has 0 amide bonds. The van der Waals surface area contributed by atoms with Gasteiger partial charge in [0.25, 0.3) is 0 Å². The van der Waals surface area contributed by atoms with Gasteiger partial charge < -0.3 is 15.8 Å². The molecule has 3 N–H and O–H groups in total. The van der Waals surface area contributed by atoms with Crippen LogP contribution in [0.15, 0.2) is 36.5 Å². The van der Waals surface area contributed by atoms with Crippen LogP contribution < -0.4 is 15.8 Å². The lowest BCUT2D eigenvalue weighted by Gasteiger charge is -2.12. The molecule has 1 aromatic carbocycles. The van der Waals surface area contributed by atoms with Crippen molar-refractivity contribution in [2.75, 3.05) is 5.32 Å². The Morgan fingerprint density at radius 3 is 2.95 bits per heavy atom. The molecule has 2 aromatic rings. The van der Waals surface area contributed by atoms with Gasteiger partial charge in [-0.3, -0.25) is 4.68 Å². The van der Waals surface area contributed by atoms with E-state index >= 15 is 0 Å². The lowest BCUT2D eigenvalue weighted by Crippen LogP contribution is -2.19. The van der Waals surface area contributed by atoms with Crippen LogP contribution in [0.3, 0.4) is 0 Å². The van der Waals surface area contributed by atoms with Gasteiger partial charge >= 0.3 is 0 Å². The normalized spacial score (nSPS) is 10.2. The van der Waals surface area contributed by atoms with Crippen LogP contribution in [0.2, 0.25) is 0 Å². The molecule has 5 nitrogen and oxygen atoms in total. The topological polar surface area (TPSA) is 65.1 Å². The molecule has 1 aromatic heterocycles. The Balaban J connectivity index is 2.09. The largest absolute Gasteiger partial charge is 0.485 e. The van der Waals surface area contributed by atoms with Crippen molar-refractivity contribution in [2.45, 2.75) is 20.1 Å². The maximum absolute atomic E-state index is 5.79. The first-order valence-electron chi connectivity index (χ1n) is 5.99. The Morgan fingerprint density at radius 2 is 2.21 bits per heavy atom. The van der Waals surface area contributed by atoms with Crippen LogP contribution in [-0.4, -0.2) is 14.9 Å². The SMILES string of the molecule is CCn1nccc1COc1ccccc1NC(N)=S. The first kappa shape index (κ1) is 13.4. The molecule has 0 spiro atoms. The highest BCUT2D eigenvalue weighted by Crippen LogP contribution is 2.24. The summed E-state index contributed by atoms with van der Waals surface area (Å²) in [6.45, 7) is 3.31. The Bertz CT molecular complexity index is 567. The summed E-state index contributed by atoms with van der Waals surface area (Å²) in [5.41, 5.74) is 7.26. The van der Waals surface area contributed by atoms with Gasteiger partial charge in [-0.25, -0.2) is 0 Å². The molecule has 0 bridgehead atoms. The highest BCUT2D eigenvalue weighted by molar-refractivity contribution is 7.80. The average Bonchev–Trinajstić information content (AvgIpc) is 2.84. The van der Waals surface area contributed by atoms with Gasteiger partial charge in [-0.15, -0.1) is 0 Å². The second kappa shape index (κ2) is 6.19. The fourth-order valence-electron chi connectivity index (χ4n) is 1.75. The summed E-state index contributed by atoms with van der Waals surface area (Å²) in [5.74, 6) is 0.708. The van der Waals surface area contributed by atoms with Crippen LogP contribution in [0.5, 0.6) is 5.75 Å². The Hall–Kier alpha value is -2.08. The van der Waals surface area contributed by atoms with Crippen molar-refractivity contribution < 1.29 is 4.74 Å². The van der Waals surface area contributed by atoms with E-state index in [1.54, 1.807) is 6.20 Å². The van der Waals surface area contributed by atoms with Gasteiger partial charge in [0.05, 0.1) is 11.4 Å². The van der Waals surface area contributed by atoms with E-state index in [4.69, 9.17) is 22.7 Å². The second-order valence-electron chi connectivity index (χ2n) is 3.91. The maximum Gasteiger partial charge on any atom is 0.168 e. The molecule has 100 valence electrons. The number of thiocarbonyl (C=S) groups is 1. The van der Waals surface area contributed by atoms with Gasteiger partial charge in [0.2, 0.25) is 0 Å². The fourth-order valence-corrected chi connectivity index (χ4v) is 1.86. The lowest BCUT2D eigenvalue weighted by molar-refractivity contribution is 0.294. The lowest BCUT2D eigenvalue weighted by atomic mass is 10.3. The third-order valence-electron chi connectivity index (χ3n) is 2.62. The summed E-state index contributed by atoms with van der Waals surface area (Å²) >= 11 is 4.84. The van der Waals surface area contributed by atoms with Crippen molar-refractivity contribution in [3.05, 3.63) is 42.2 Å². The van der Waals surface area contributed by atoms with Crippen LogP contribution in [0.25, 0.3) is 0 Å². The van der Waals surface area contributed by atoms with Crippen molar-refractivity contribution in [3.63, 3.8) is 0 Å². The number of nitrogens with zero attached hydrogens (tertiary/aromatic N) is 2. The Labute approximate surface area is 117 Å². The summed E-state index contributed by atoms with van der Waals surface area (Å²) < 4.78 is 7.68. The summed E-state index contributed by atoms with van der Waals surface area (Å²) in [4.78, 5) is 0. The molecule has 0 aliphatic carbocycles. The molecule has 6 heteroatoms. The van der Waals surface area contributed by atoms with Gasteiger partial charge in [-0.1, -0.05) is 12.1 Å². The summed E-state index contributed by atoms with van der Waals surface area (Å²) in [6.07, 6.45) is 1.77. The van der Waals surface area contributed by atoms with Crippen molar-refractivity contribution in [3.8, 4) is 5.75 Å². The molecule has 0 unspecified atom stereocenters. The van der Waals surface area contributed by atoms with Crippen molar-refractivity contribution >= 4 is 23.0 Å². The zero-order valence-corrected chi connectivity index (χ0v) is 11.5. The molecule has 0 radical (unpaired) electrons. The molecule has 19 heavy (non-hydrogen) atoms. The summed E-state index contributed by atoms with van der Waals surface area (Å²) in [5, 5.41) is 7.31. The molecule has 0 fully saturated rings. The molecule has 0 saturated carbocycles.